The third-order valence-corrected chi connectivity index (χ3v) is 4.53. The Morgan fingerprint density at radius 3 is 2.83 bits per heavy atom. The van der Waals surface area contributed by atoms with Crippen LogP contribution in [-0.2, 0) is 9.84 Å². The Labute approximate surface area is 110 Å². The maximum absolute atomic E-state index is 11.1. The van der Waals surface area contributed by atoms with Crippen molar-refractivity contribution < 1.29 is 8.42 Å². The van der Waals surface area contributed by atoms with Crippen LogP contribution < -0.4 is 5.73 Å². The Balaban J connectivity index is 2.23. The fraction of sp³-hybridized carbons (Fsp3) is 0.273. The zero-order valence-corrected chi connectivity index (χ0v) is 11.5. The molecule has 96 valence electrons. The summed E-state index contributed by atoms with van der Waals surface area (Å²) >= 11 is 1.41. The third-order valence-electron chi connectivity index (χ3n) is 2.32. The number of hydrogen-bond acceptors (Lipinski definition) is 6. The minimum atomic E-state index is -2.94. The number of rotatable bonds is 4. The van der Waals surface area contributed by atoms with E-state index in [1.807, 2.05) is 6.07 Å². The molecule has 0 aliphatic carbocycles. The maximum atomic E-state index is 11.1. The molecule has 2 rings (SSSR count). The van der Waals surface area contributed by atoms with Gasteiger partial charge in [-0.3, -0.25) is 0 Å². The first-order valence-corrected chi connectivity index (χ1v) is 8.31. The molecule has 0 unspecified atom stereocenters. The van der Waals surface area contributed by atoms with E-state index in [1.54, 1.807) is 12.1 Å². The number of fused-ring (bicyclic) bond motifs is 1. The molecule has 0 spiro atoms. The summed E-state index contributed by atoms with van der Waals surface area (Å²) in [6, 6.07) is 5.41. The number of sulfone groups is 1. The van der Waals surface area contributed by atoms with Crippen molar-refractivity contribution in [2.45, 2.75) is 5.03 Å². The monoisotopic (exact) mass is 283 g/mol. The van der Waals surface area contributed by atoms with Crippen LogP contribution in [-0.4, -0.2) is 36.1 Å². The van der Waals surface area contributed by atoms with E-state index in [4.69, 9.17) is 5.73 Å². The molecule has 0 aliphatic heterocycles. The fourth-order valence-electron chi connectivity index (χ4n) is 1.45. The second kappa shape index (κ2) is 5.11. The molecule has 0 aliphatic rings. The van der Waals surface area contributed by atoms with E-state index < -0.39 is 9.84 Å². The SMILES string of the molecule is CS(=O)(=O)CCSc1ncnc2cc(N)ccc12. The lowest BCUT2D eigenvalue weighted by molar-refractivity contribution is 0.603. The smallest absolute Gasteiger partial charge is 0.148 e. The van der Waals surface area contributed by atoms with Crippen LogP contribution >= 0.6 is 11.8 Å². The minimum absolute atomic E-state index is 0.137. The number of nitrogen functional groups attached to an aromatic ring is 1. The number of nitrogens with two attached hydrogens (primary N) is 1. The van der Waals surface area contributed by atoms with Crippen molar-refractivity contribution in [1.29, 1.82) is 0 Å². The van der Waals surface area contributed by atoms with Crippen LogP contribution in [0.4, 0.5) is 5.69 Å². The number of nitrogens with zero attached hydrogens (tertiary/aromatic N) is 2. The normalized spacial score (nSPS) is 11.8. The summed E-state index contributed by atoms with van der Waals surface area (Å²) in [5, 5.41) is 1.67. The molecule has 1 heterocycles. The topological polar surface area (TPSA) is 85.9 Å². The standard InChI is InChI=1S/C11H13N3O2S2/c1-18(15,16)5-4-17-11-9-3-2-8(12)6-10(9)13-7-14-11/h2-3,6-7H,4-5,12H2,1H3. The maximum Gasteiger partial charge on any atom is 0.148 e. The van der Waals surface area contributed by atoms with Crippen molar-refractivity contribution in [3.05, 3.63) is 24.5 Å². The predicted molar refractivity (Wildman–Crippen MR) is 74.4 cm³/mol. The van der Waals surface area contributed by atoms with Gasteiger partial charge in [-0.05, 0) is 18.2 Å². The van der Waals surface area contributed by atoms with Crippen molar-refractivity contribution in [3.8, 4) is 0 Å². The van der Waals surface area contributed by atoms with Gasteiger partial charge in [-0.2, -0.15) is 0 Å². The largest absolute Gasteiger partial charge is 0.399 e. The zero-order valence-electron chi connectivity index (χ0n) is 9.83. The Bertz CT molecular complexity index is 671. The van der Waals surface area contributed by atoms with Crippen molar-refractivity contribution in [2.24, 2.45) is 0 Å². The number of thioether (sulfide) groups is 1. The summed E-state index contributed by atoms with van der Waals surface area (Å²) in [5.41, 5.74) is 7.10. The van der Waals surface area contributed by atoms with Crippen LogP contribution in [0.5, 0.6) is 0 Å². The van der Waals surface area contributed by atoms with Crippen molar-refractivity contribution >= 4 is 38.2 Å². The summed E-state index contributed by atoms with van der Waals surface area (Å²) in [6.45, 7) is 0. The van der Waals surface area contributed by atoms with Gasteiger partial charge in [0.05, 0.1) is 11.3 Å². The van der Waals surface area contributed by atoms with Crippen molar-refractivity contribution in [1.82, 2.24) is 9.97 Å². The molecule has 0 saturated heterocycles. The van der Waals surface area contributed by atoms with Crippen LogP contribution in [0, 0.1) is 0 Å². The van der Waals surface area contributed by atoms with Gasteiger partial charge in [-0.15, -0.1) is 11.8 Å². The van der Waals surface area contributed by atoms with Gasteiger partial charge in [-0.25, -0.2) is 18.4 Å². The van der Waals surface area contributed by atoms with Gasteiger partial charge >= 0.3 is 0 Å². The highest BCUT2D eigenvalue weighted by atomic mass is 32.2. The minimum Gasteiger partial charge on any atom is -0.399 e. The van der Waals surface area contributed by atoms with Crippen LogP contribution in [0.3, 0.4) is 0 Å². The molecule has 0 radical (unpaired) electrons. The lowest BCUT2D eigenvalue weighted by Crippen LogP contribution is -2.05. The molecular weight excluding hydrogens is 270 g/mol. The van der Waals surface area contributed by atoms with Gasteiger partial charge in [0.15, 0.2) is 0 Å². The van der Waals surface area contributed by atoms with Gasteiger partial charge in [0.1, 0.15) is 21.2 Å². The molecule has 0 fully saturated rings. The highest BCUT2D eigenvalue weighted by molar-refractivity contribution is 8.00. The lowest BCUT2D eigenvalue weighted by atomic mass is 10.2. The Kier molecular flexibility index (Phi) is 3.72. The Hall–Kier alpha value is -1.34. The van der Waals surface area contributed by atoms with E-state index in [0.29, 0.717) is 11.4 Å². The molecule has 7 heteroatoms. The highest BCUT2D eigenvalue weighted by Gasteiger charge is 2.07. The van der Waals surface area contributed by atoms with Crippen LogP contribution in [0.2, 0.25) is 0 Å². The van der Waals surface area contributed by atoms with Gasteiger partial charge in [0, 0.05) is 23.1 Å². The van der Waals surface area contributed by atoms with E-state index in [2.05, 4.69) is 9.97 Å². The van der Waals surface area contributed by atoms with Crippen LogP contribution in [0.15, 0.2) is 29.6 Å². The van der Waals surface area contributed by atoms with Gasteiger partial charge < -0.3 is 5.73 Å². The molecule has 0 bridgehead atoms. The molecule has 0 atom stereocenters. The van der Waals surface area contributed by atoms with E-state index in [9.17, 15) is 8.42 Å². The first kappa shape index (κ1) is 13.1. The number of benzene rings is 1. The van der Waals surface area contributed by atoms with Crippen LogP contribution in [0.1, 0.15) is 0 Å². The Morgan fingerprint density at radius 1 is 1.33 bits per heavy atom. The van der Waals surface area contributed by atoms with Gasteiger partial charge in [0.2, 0.25) is 0 Å². The third kappa shape index (κ3) is 3.33. The van der Waals surface area contributed by atoms with E-state index in [1.165, 1.54) is 24.3 Å². The lowest BCUT2D eigenvalue weighted by Gasteiger charge is -2.04. The first-order chi connectivity index (χ1) is 8.46. The van der Waals surface area contributed by atoms with Crippen LogP contribution in [0.25, 0.3) is 10.9 Å². The molecule has 5 nitrogen and oxygen atoms in total. The zero-order chi connectivity index (χ0) is 13.2. The van der Waals surface area contributed by atoms with E-state index in [-0.39, 0.29) is 5.75 Å². The molecular formula is C11H13N3O2S2. The second-order valence-corrected chi connectivity index (χ2v) is 7.28. The first-order valence-electron chi connectivity index (χ1n) is 5.26. The van der Waals surface area contributed by atoms with Crippen molar-refractivity contribution in [2.75, 3.05) is 23.5 Å². The fourth-order valence-corrected chi connectivity index (χ4v) is 3.64. The van der Waals surface area contributed by atoms with E-state index in [0.717, 1.165) is 15.9 Å². The molecule has 0 saturated carbocycles. The molecule has 1 aromatic carbocycles. The summed E-state index contributed by atoms with van der Waals surface area (Å²) in [6.07, 6.45) is 2.69. The quantitative estimate of drug-likeness (QED) is 0.518. The van der Waals surface area contributed by atoms with E-state index >= 15 is 0 Å². The van der Waals surface area contributed by atoms with Gasteiger partial charge in [0.25, 0.3) is 0 Å². The predicted octanol–water partition coefficient (Wildman–Crippen LogP) is 1.35. The van der Waals surface area contributed by atoms with Gasteiger partial charge in [-0.1, -0.05) is 0 Å². The number of anilines is 1. The number of aromatic nitrogens is 2. The summed E-state index contributed by atoms with van der Waals surface area (Å²) in [7, 11) is -2.94. The molecule has 2 N–H and O–H groups in total. The number of hydrogen-bond donors (Lipinski definition) is 1. The molecule has 18 heavy (non-hydrogen) atoms. The summed E-state index contributed by atoms with van der Waals surface area (Å²) in [5.74, 6) is 0.619. The average Bonchev–Trinajstić information content (AvgIpc) is 2.27. The Morgan fingerprint density at radius 2 is 2.11 bits per heavy atom. The summed E-state index contributed by atoms with van der Waals surface area (Å²) < 4.78 is 22.1. The molecule has 0 amide bonds. The van der Waals surface area contributed by atoms with Crippen molar-refractivity contribution in [3.63, 3.8) is 0 Å². The summed E-state index contributed by atoms with van der Waals surface area (Å²) in [4.78, 5) is 8.31. The second-order valence-electron chi connectivity index (χ2n) is 3.93. The molecule has 1 aromatic heterocycles. The highest BCUT2D eigenvalue weighted by Crippen LogP contribution is 2.25. The average molecular weight is 283 g/mol. The molecule has 2 aromatic rings.